The topological polar surface area (TPSA) is 165 Å². The molecule has 0 aliphatic heterocycles. The number of sulfonamides is 4. The number of rotatable bonds is 8. The Morgan fingerprint density at radius 2 is 0.372 bits per heavy atom. The van der Waals surface area contributed by atoms with Crippen LogP contribution in [-0.4, -0.2) is 125 Å². The summed E-state index contributed by atoms with van der Waals surface area (Å²) in [5.41, 5.74) is 0. The average molecular weight is 848 g/mol. The van der Waals surface area contributed by atoms with E-state index in [9.17, 15) is 121 Å². The maximum atomic E-state index is 12.3. The predicted octanol–water partition coefficient (Wildman–Crippen LogP) is 4.28. The summed E-state index contributed by atoms with van der Waals surface area (Å²) < 4.78 is 322. The third-order valence-corrected chi connectivity index (χ3v) is 9.67. The summed E-state index contributed by atoms with van der Waals surface area (Å²) in [5.74, 6) is 0. The van der Waals surface area contributed by atoms with Crippen molar-refractivity contribution in [2.75, 3.05) is 0 Å². The molecule has 43 heavy (non-hydrogen) atoms. The molecule has 0 aromatic rings. The van der Waals surface area contributed by atoms with Crippen molar-refractivity contribution in [2.24, 2.45) is 0 Å². The molecule has 0 heterocycles. The van der Waals surface area contributed by atoms with Crippen molar-refractivity contribution < 1.29 is 121 Å². The van der Waals surface area contributed by atoms with Crippen molar-refractivity contribution in [3.8, 4) is 0 Å². The van der Waals surface area contributed by atoms with E-state index in [1.54, 1.807) is 0 Å². The van der Waals surface area contributed by atoms with E-state index in [2.05, 4.69) is 0 Å². The van der Waals surface area contributed by atoms with Gasteiger partial charge in [-0.3, -0.25) is 0 Å². The molecule has 0 N–H and O–H groups in total. The van der Waals surface area contributed by atoms with Gasteiger partial charge in [0.15, 0.2) is 40.1 Å². The summed E-state index contributed by atoms with van der Waals surface area (Å²) in [4.78, 5) is 0. The van der Waals surface area contributed by atoms with Crippen LogP contribution in [0.15, 0.2) is 0 Å². The SMILES string of the molecule is O=S(=O)([N-]S(=O)(=O)C(F)(F)C(F)(F)F)C(F)(F)C(F)(F)F.O=S(=O)([N-]S(=O)(=O)C(F)(F)C(F)(F)F)C(F)(F)C(F)(F)F.[Sr+2]. The molecule has 0 bridgehead atoms. The Hall–Kier alpha value is -0.199. The van der Waals surface area contributed by atoms with Crippen LogP contribution in [0.5, 0.6) is 0 Å². The molecule has 0 fully saturated rings. The van der Waals surface area contributed by atoms with E-state index < -0.39 is 85.8 Å². The van der Waals surface area contributed by atoms with Crippen molar-refractivity contribution in [1.82, 2.24) is 0 Å². The van der Waals surface area contributed by atoms with E-state index in [4.69, 9.17) is 0 Å². The van der Waals surface area contributed by atoms with Gasteiger partial charge >= 0.3 is 91.2 Å². The first kappa shape index (κ1) is 47.2. The van der Waals surface area contributed by atoms with Gasteiger partial charge in [-0.05, 0) is 0 Å². The van der Waals surface area contributed by atoms with Crippen molar-refractivity contribution in [3.63, 3.8) is 0 Å². The Labute approximate surface area is 259 Å². The number of halogens is 20. The maximum Gasteiger partial charge on any atom is 2.00 e. The van der Waals surface area contributed by atoms with Crippen LogP contribution in [0.1, 0.15) is 0 Å². The second-order valence-corrected chi connectivity index (χ2v) is 13.2. The molecular weight excluding hydrogens is 848 g/mol. The summed E-state index contributed by atoms with van der Waals surface area (Å²) in [6.07, 6.45) is -28.0. The second kappa shape index (κ2) is 12.8. The van der Waals surface area contributed by atoms with Gasteiger partial charge in [0.25, 0.3) is 0 Å². The molecule has 256 valence electrons. The normalized spacial score (nSPS) is 15.7. The van der Waals surface area contributed by atoms with Crippen LogP contribution in [0.3, 0.4) is 0 Å². The number of hydrogen-bond acceptors (Lipinski definition) is 8. The Kier molecular flexibility index (Phi) is 14.0. The molecule has 35 heteroatoms. The predicted molar refractivity (Wildman–Crippen MR) is 92.2 cm³/mol. The van der Waals surface area contributed by atoms with Crippen molar-refractivity contribution >= 4 is 85.6 Å². The Bertz CT molecular complexity index is 1200. The minimum atomic E-state index is -7.62. The van der Waals surface area contributed by atoms with Crippen LogP contribution in [0.25, 0.3) is 8.25 Å². The molecule has 0 aliphatic carbocycles. The monoisotopic (exact) mass is 848 g/mol. The molecule has 0 atom stereocenters. The number of alkyl halides is 20. The molecule has 0 spiro atoms. The Morgan fingerprint density at radius 1 is 0.279 bits per heavy atom. The van der Waals surface area contributed by atoms with E-state index in [1.165, 1.54) is 0 Å². The van der Waals surface area contributed by atoms with Gasteiger partial charge in [0.1, 0.15) is 0 Å². The summed E-state index contributed by atoms with van der Waals surface area (Å²) in [7, 11) is -30.5. The van der Waals surface area contributed by atoms with Crippen LogP contribution >= 0.6 is 0 Å². The molecule has 0 radical (unpaired) electrons. The third kappa shape index (κ3) is 9.43. The van der Waals surface area contributed by atoms with Gasteiger partial charge < -0.3 is 8.25 Å². The van der Waals surface area contributed by atoms with E-state index in [0.29, 0.717) is 8.25 Å². The minimum absolute atomic E-state index is 0. The van der Waals surface area contributed by atoms with E-state index >= 15 is 0 Å². The number of nitrogens with zero attached hydrogens (tertiary/aromatic N) is 2. The molecule has 0 saturated heterocycles. The smallest absolute Gasteiger partial charge is 0.425 e. The molecule has 0 saturated carbocycles. The number of hydrogen-bond donors (Lipinski definition) is 0. The molecule has 0 aromatic carbocycles. The van der Waals surface area contributed by atoms with Gasteiger partial charge in [0.2, 0.25) is 0 Å². The molecule has 0 amide bonds. The molecule has 0 unspecified atom stereocenters. The van der Waals surface area contributed by atoms with Crippen LogP contribution in [0, 0.1) is 0 Å². The average Bonchev–Trinajstić information content (AvgIpc) is 2.62. The fraction of sp³-hybridized carbons (Fsp3) is 1.00. The summed E-state index contributed by atoms with van der Waals surface area (Å²) in [6.45, 7) is 0. The standard InChI is InChI=1S/2C4F10NO4S2.Sr/c2*5-1(6,7)3(11,12)20(16,17)15-21(18,19)4(13,14)2(8,9)10;/q2*-1;+2. The van der Waals surface area contributed by atoms with Gasteiger partial charge in [-0.15, -0.1) is 0 Å². The summed E-state index contributed by atoms with van der Waals surface area (Å²) >= 11 is 0. The van der Waals surface area contributed by atoms with Crippen molar-refractivity contribution in [2.45, 2.75) is 45.7 Å². The van der Waals surface area contributed by atoms with Gasteiger partial charge in [0.05, 0.1) is 0 Å². The minimum Gasteiger partial charge on any atom is -0.425 e. The molecule has 10 nitrogen and oxygen atoms in total. The van der Waals surface area contributed by atoms with Crippen LogP contribution in [0.4, 0.5) is 87.8 Å². The maximum absolute atomic E-state index is 12.3. The van der Waals surface area contributed by atoms with Crippen molar-refractivity contribution in [3.05, 3.63) is 8.25 Å². The molecule has 0 aromatic heterocycles. The van der Waals surface area contributed by atoms with Gasteiger partial charge in [-0.25, -0.2) is 33.7 Å². The summed E-state index contributed by atoms with van der Waals surface area (Å²) in [6, 6.07) is 0. The first-order valence-corrected chi connectivity index (χ1v) is 13.4. The van der Waals surface area contributed by atoms with Gasteiger partial charge in [0, 0.05) is 0 Å². The Balaban J connectivity index is -0.000000727. The molecular formula is C8F20N2O8S4Sr. The molecule has 0 rings (SSSR count). The van der Waals surface area contributed by atoms with Gasteiger partial charge in [-0.1, -0.05) is 0 Å². The van der Waals surface area contributed by atoms with Crippen LogP contribution in [0.2, 0.25) is 0 Å². The zero-order valence-electron chi connectivity index (χ0n) is 18.1. The van der Waals surface area contributed by atoms with Crippen LogP contribution in [-0.2, 0) is 40.1 Å². The van der Waals surface area contributed by atoms with Crippen molar-refractivity contribution in [1.29, 1.82) is 0 Å². The third-order valence-electron chi connectivity index (χ3n) is 3.01. The first-order chi connectivity index (χ1) is 17.4. The molecule has 0 aliphatic rings. The fourth-order valence-corrected chi connectivity index (χ4v) is 5.77. The fourth-order valence-electron chi connectivity index (χ4n) is 1.03. The quantitative estimate of drug-likeness (QED) is 0.258. The first-order valence-electron chi connectivity index (χ1n) is 7.66. The second-order valence-electron chi connectivity index (χ2n) is 6.11. The zero-order valence-corrected chi connectivity index (χ0v) is 24.8. The van der Waals surface area contributed by atoms with Crippen LogP contribution < -0.4 is 0 Å². The van der Waals surface area contributed by atoms with E-state index in [1.807, 2.05) is 0 Å². The summed E-state index contributed by atoms with van der Waals surface area (Å²) in [5, 5.41) is -28.0. The zero-order chi connectivity index (χ0) is 35.4. The van der Waals surface area contributed by atoms with E-state index in [0.717, 1.165) is 0 Å². The van der Waals surface area contributed by atoms with E-state index in [-0.39, 0.29) is 45.5 Å². The largest absolute Gasteiger partial charge is 2.00 e. The Morgan fingerprint density at radius 3 is 0.442 bits per heavy atom. The van der Waals surface area contributed by atoms with Gasteiger partial charge in [-0.2, -0.15) is 87.8 Å².